The molecule has 0 radical (unpaired) electrons. The molecule has 1 amide bonds. The summed E-state index contributed by atoms with van der Waals surface area (Å²) in [6.07, 6.45) is 3.35. The first-order valence-electron chi connectivity index (χ1n) is 7.73. The number of nitrogens with one attached hydrogen (secondary N) is 2. The summed E-state index contributed by atoms with van der Waals surface area (Å²) in [5, 5.41) is 6.18. The molecular weight excluding hydrogens is 292 g/mol. The van der Waals surface area contributed by atoms with E-state index in [1.54, 1.807) is 7.11 Å². The molecule has 0 unspecified atom stereocenters. The summed E-state index contributed by atoms with van der Waals surface area (Å²) in [4.78, 5) is 20.7. The van der Waals surface area contributed by atoms with Gasteiger partial charge in [0.15, 0.2) is 0 Å². The van der Waals surface area contributed by atoms with Crippen molar-refractivity contribution in [2.45, 2.75) is 25.8 Å². The van der Waals surface area contributed by atoms with Crippen molar-refractivity contribution in [3.8, 4) is 5.75 Å². The molecule has 23 heavy (non-hydrogen) atoms. The van der Waals surface area contributed by atoms with E-state index in [4.69, 9.17) is 4.74 Å². The molecule has 2 heterocycles. The van der Waals surface area contributed by atoms with Gasteiger partial charge in [0.2, 0.25) is 5.91 Å². The quantitative estimate of drug-likeness (QED) is 0.879. The van der Waals surface area contributed by atoms with E-state index in [1.807, 2.05) is 24.3 Å². The van der Waals surface area contributed by atoms with Crippen molar-refractivity contribution >= 4 is 11.7 Å². The van der Waals surface area contributed by atoms with Crippen molar-refractivity contribution in [1.29, 1.82) is 0 Å². The third-order valence-corrected chi connectivity index (χ3v) is 3.95. The first-order valence-corrected chi connectivity index (χ1v) is 7.73. The van der Waals surface area contributed by atoms with E-state index < -0.39 is 0 Å². The van der Waals surface area contributed by atoms with Crippen LogP contribution >= 0.6 is 0 Å². The summed E-state index contributed by atoms with van der Waals surface area (Å²) >= 11 is 0. The second-order valence-corrected chi connectivity index (χ2v) is 5.43. The third kappa shape index (κ3) is 3.65. The lowest BCUT2D eigenvalue weighted by atomic mass is 10.1. The Kier molecular flexibility index (Phi) is 4.83. The molecule has 6 heteroatoms. The lowest BCUT2D eigenvalue weighted by Crippen LogP contribution is -2.27. The molecule has 2 N–H and O–H groups in total. The molecule has 0 fully saturated rings. The number of anilines is 1. The third-order valence-electron chi connectivity index (χ3n) is 3.95. The number of amides is 1. The van der Waals surface area contributed by atoms with Crippen molar-refractivity contribution in [3.63, 3.8) is 0 Å². The number of para-hydroxylation sites is 1. The van der Waals surface area contributed by atoms with Crippen LogP contribution in [0.3, 0.4) is 0 Å². The maximum absolute atomic E-state index is 12.2. The Hall–Kier alpha value is -2.47. The highest BCUT2D eigenvalue weighted by atomic mass is 16.5. The summed E-state index contributed by atoms with van der Waals surface area (Å²) < 4.78 is 5.31. The second kappa shape index (κ2) is 7.19. The zero-order valence-electron chi connectivity index (χ0n) is 13.1. The number of carbonyl (C=O) groups is 1. The number of benzene rings is 1. The van der Waals surface area contributed by atoms with Crippen LogP contribution in [0.25, 0.3) is 0 Å². The molecule has 0 saturated heterocycles. The van der Waals surface area contributed by atoms with E-state index >= 15 is 0 Å². The first kappa shape index (κ1) is 15.4. The monoisotopic (exact) mass is 312 g/mol. The van der Waals surface area contributed by atoms with Crippen molar-refractivity contribution in [1.82, 2.24) is 15.3 Å². The summed E-state index contributed by atoms with van der Waals surface area (Å²) in [5.41, 5.74) is 3.03. The lowest BCUT2D eigenvalue weighted by molar-refractivity contribution is -0.116. The molecule has 1 aliphatic heterocycles. The lowest BCUT2D eigenvalue weighted by Gasteiger charge is -2.18. The number of aryl methyl sites for hydroxylation is 1. The van der Waals surface area contributed by atoms with Gasteiger partial charge in [-0.25, -0.2) is 9.97 Å². The van der Waals surface area contributed by atoms with Crippen LogP contribution in [0.4, 0.5) is 5.82 Å². The van der Waals surface area contributed by atoms with Gasteiger partial charge in [-0.2, -0.15) is 0 Å². The van der Waals surface area contributed by atoms with E-state index in [0.29, 0.717) is 18.7 Å². The number of hydrogen-bond donors (Lipinski definition) is 2. The largest absolute Gasteiger partial charge is 0.496 e. The average Bonchev–Trinajstić information content (AvgIpc) is 2.60. The molecule has 1 aromatic heterocycles. The van der Waals surface area contributed by atoms with Crippen LogP contribution in [-0.4, -0.2) is 29.5 Å². The highest BCUT2D eigenvalue weighted by molar-refractivity contribution is 5.90. The van der Waals surface area contributed by atoms with Crippen LogP contribution in [-0.2, 0) is 24.2 Å². The topological polar surface area (TPSA) is 76.1 Å². The second-order valence-electron chi connectivity index (χ2n) is 5.43. The van der Waals surface area contributed by atoms with Gasteiger partial charge in [0.05, 0.1) is 12.8 Å². The molecule has 0 atom stereocenters. The number of fused-ring (bicyclic) bond motifs is 1. The van der Waals surface area contributed by atoms with Crippen molar-refractivity contribution in [2.75, 3.05) is 19.0 Å². The van der Waals surface area contributed by atoms with E-state index in [0.717, 1.165) is 42.1 Å². The predicted octanol–water partition coefficient (Wildman–Crippen LogP) is 1.70. The summed E-state index contributed by atoms with van der Waals surface area (Å²) in [6, 6.07) is 7.75. The van der Waals surface area contributed by atoms with Gasteiger partial charge >= 0.3 is 0 Å². The molecule has 3 rings (SSSR count). The molecule has 0 bridgehead atoms. The van der Waals surface area contributed by atoms with E-state index in [9.17, 15) is 4.79 Å². The Balaban J connectivity index is 1.64. The highest BCUT2D eigenvalue weighted by Gasteiger charge is 2.16. The van der Waals surface area contributed by atoms with Gasteiger partial charge in [-0.3, -0.25) is 4.79 Å². The molecule has 0 saturated carbocycles. The molecule has 1 aliphatic rings. The average molecular weight is 312 g/mol. The standard InChI is InChI=1S/C17H20N4O2/c1-23-15-5-3-2-4-12(15)6-7-16(22)21-17-13-8-9-18-10-14(13)19-11-20-17/h2-5,11,18H,6-10H2,1H3,(H,19,20,21,22). The normalized spacial score (nSPS) is 13.3. The Morgan fingerprint density at radius 3 is 3.09 bits per heavy atom. The van der Waals surface area contributed by atoms with Crippen LogP contribution in [0, 0.1) is 0 Å². The Bertz CT molecular complexity index is 703. The smallest absolute Gasteiger partial charge is 0.225 e. The van der Waals surface area contributed by atoms with Gasteiger partial charge in [-0.1, -0.05) is 18.2 Å². The minimum atomic E-state index is -0.0460. The predicted molar refractivity (Wildman–Crippen MR) is 87.4 cm³/mol. The van der Waals surface area contributed by atoms with E-state index in [-0.39, 0.29) is 5.91 Å². The number of methoxy groups -OCH3 is 1. The van der Waals surface area contributed by atoms with Crippen LogP contribution in [0.5, 0.6) is 5.75 Å². The Labute approximate surface area is 135 Å². The van der Waals surface area contributed by atoms with Crippen molar-refractivity contribution < 1.29 is 9.53 Å². The van der Waals surface area contributed by atoms with Gasteiger partial charge in [0, 0.05) is 18.5 Å². The fourth-order valence-corrected chi connectivity index (χ4v) is 2.74. The Morgan fingerprint density at radius 2 is 2.22 bits per heavy atom. The van der Waals surface area contributed by atoms with Gasteiger partial charge in [0.25, 0.3) is 0 Å². The molecule has 0 spiro atoms. The zero-order chi connectivity index (χ0) is 16.1. The zero-order valence-corrected chi connectivity index (χ0v) is 13.1. The SMILES string of the molecule is COc1ccccc1CCC(=O)Nc1ncnc2c1CCNC2. The van der Waals surface area contributed by atoms with E-state index in [1.165, 1.54) is 6.33 Å². The van der Waals surface area contributed by atoms with Crippen LogP contribution in [0.15, 0.2) is 30.6 Å². The van der Waals surface area contributed by atoms with Crippen LogP contribution < -0.4 is 15.4 Å². The van der Waals surface area contributed by atoms with Crippen molar-refractivity contribution in [3.05, 3.63) is 47.4 Å². The fraction of sp³-hybridized carbons (Fsp3) is 0.353. The molecule has 6 nitrogen and oxygen atoms in total. The van der Waals surface area contributed by atoms with Crippen LogP contribution in [0.2, 0.25) is 0 Å². The summed E-state index contributed by atoms with van der Waals surface area (Å²) in [7, 11) is 1.64. The fourth-order valence-electron chi connectivity index (χ4n) is 2.74. The molecule has 0 aliphatic carbocycles. The summed E-state index contributed by atoms with van der Waals surface area (Å²) in [6.45, 7) is 1.60. The van der Waals surface area contributed by atoms with Gasteiger partial charge in [-0.15, -0.1) is 0 Å². The minimum Gasteiger partial charge on any atom is -0.496 e. The number of hydrogen-bond acceptors (Lipinski definition) is 5. The van der Waals surface area contributed by atoms with Gasteiger partial charge in [0.1, 0.15) is 17.9 Å². The summed E-state index contributed by atoms with van der Waals surface area (Å²) in [5.74, 6) is 1.41. The molecule has 2 aromatic rings. The molecular formula is C17H20N4O2. The number of rotatable bonds is 5. The van der Waals surface area contributed by atoms with E-state index in [2.05, 4.69) is 20.6 Å². The molecule has 1 aromatic carbocycles. The molecule has 120 valence electrons. The minimum absolute atomic E-state index is 0.0460. The number of nitrogens with zero attached hydrogens (tertiary/aromatic N) is 2. The number of carbonyl (C=O) groups excluding carboxylic acids is 1. The first-order chi connectivity index (χ1) is 11.3. The maximum Gasteiger partial charge on any atom is 0.225 e. The number of aromatic nitrogens is 2. The van der Waals surface area contributed by atoms with Crippen molar-refractivity contribution in [2.24, 2.45) is 0 Å². The number of ether oxygens (including phenoxy) is 1. The van der Waals surface area contributed by atoms with Gasteiger partial charge in [-0.05, 0) is 31.0 Å². The van der Waals surface area contributed by atoms with Gasteiger partial charge < -0.3 is 15.4 Å². The maximum atomic E-state index is 12.2. The Morgan fingerprint density at radius 1 is 1.35 bits per heavy atom. The highest BCUT2D eigenvalue weighted by Crippen LogP contribution is 2.21. The van der Waals surface area contributed by atoms with Crippen LogP contribution in [0.1, 0.15) is 23.2 Å².